The number of nitrogens with one attached hydrogen (secondary N) is 2. The van der Waals surface area contributed by atoms with E-state index in [1.807, 2.05) is 32.0 Å². The van der Waals surface area contributed by atoms with Crippen LogP contribution in [0.3, 0.4) is 0 Å². The predicted molar refractivity (Wildman–Crippen MR) is 135 cm³/mol. The standard InChI is InChI=1S/C24H27N3O5S2/c1-5-27(33(4,29)30)21-13-9-19(10-14-21)24(28)25-20-11-15-22(16-12-20)34(31,32)26-23-17(2)7-6-8-18(23)3/h6-16,26H,5H2,1-4H3,(H,25,28). The summed E-state index contributed by atoms with van der Waals surface area (Å²) < 4.78 is 53.2. The molecule has 3 rings (SSSR count). The molecule has 0 saturated heterocycles. The Hall–Kier alpha value is -3.37. The van der Waals surface area contributed by atoms with Crippen molar-refractivity contribution in [1.82, 2.24) is 0 Å². The van der Waals surface area contributed by atoms with Crippen molar-refractivity contribution in [1.29, 1.82) is 0 Å². The fourth-order valence-corrected chi connectivity index (χ4v) is 5.65. The summed E-state index contributed by atoms with van der Waals surface area (Å²) in [5, 5.41) is 2.71. The van der Waals surface area contributed by atoms with Crippen LogP contribution in [-0.2, 0) is 20.0 Å². The normalized spacial score (nSPS) is 11.6. The molecule has 34 heavy (non-hydrogen) atoms. The molecule has 0 aliphatic carbocycles. The minimum Gasteiger partial charge on any atom is -0.322 e. The minimum absolute atomic E-state index is 0.0675. The maximum absolute atomic E-state index is 12.8. The first-order chi connectivity index (χ1) is 15.9. The lowest BCUT2D eigenvalue weighted by Crippen LogP contribution is -2.29. The number of nitrogens with zero attached hydrogens (tertiary/aromatic N) is 1. The van der Waals surface area contributed by atoms with Gasteiger partial charge in [0.15, 0.2) is 0 Å². The van der Waals surface area contributed by atoms with Crippen molar-refractivity contribution in [2.24, 2.45) is 0 Å². The van der Waals surface area contributed by atoms with Gasteiger partial charge in [-0.1, -0.05) is 18.2 Å². The van der Waals surface area contributed by atoms with E-state index in [0.717, 1.165) is 17.4 Å². The van der Waals surface area contributed by atoms with E-state index in [1.54, 1.807) is 19.1 Å². The SMILES string of the molecule is CCN(c1ccc(C(=O)Nc2ccc(S(=O)(=O)Nc3c(C)cccc3C)cc2)cc1)S(C)(=O)=O. The maximum Gasteiger partial charge on any atom is 0.261 e. The summed E-state index contributed by atoms with van der Waals surface area (Å²) in [6.45, 7) is 5.66. The Morgan fingerprint density at radius 2 is 1.41 bits per heavy atom. The van der Waals surface area contributed by atoms with Gasteiger partial charge in [-0.2, -0.15) is 0 Å². The summed E-state index contributed by atoms with van der Waals surface area (Å²) in [5.74, 6) is -0.404. The van der Waals surface area contributed by atoms with Crippen LogP contribution < -0.4 is 14.3 Å². The number of hydrogen-bond acceptors (Lipinski definition) is 5. The molecule has 1 amide bonds. The highest BCUT2D eigenvalue weighted by molar-refractivity contribution is 7.92. The van der Waals surface area contributed by atoms with Gasteiger partial charge in [0.05, 0.1) is 22.5 Å². The van der Waals surface area contributed by atoms with E-state index in [2.05, 4.69) is 10.0 Å². The second-order valence-electron chi connectivity index (χ2n) is 7.83. The van der Waals surface area contributed by atoms with Crippen LogP contribution in [0.1, 0.15) is 28.4 Å². The number of sulfonamides is 2. The van der Waals surface area contributed by atoms with Crippen molar-refractivity contribution in [2.45, 2.75) is 25.7 Å². The summed E-state index contributed by atoms with van der Waals surface area (Å²) in [5.41, 5.74) is 3.40. The number of carbonyl (C=O) groups is 1. The molecule has 0 bridgehead atoms. The van der Waals surface area contributed by atoms with Crippen molar-refractivity contribution in [3.8, 4) is 0 Å². The zero-order valence-electron chi connectivity index (χ0n) is 19.4. The molecule has 3 aromatic rings. The maximum atomic E-state index is 12.8. The first-order valence-electron chi connectivity index (χ1n) is 10.5. The molecule has 0 fully saturated rings. The Bertz CT molecular complexity index is 1380. The molecule has 0 aromatic heterocycles. The lowest BCUT2D eigenvalue weighted by Gasteiger charge is -2.20. The predicted octanol–water partition coefficient (Wildman–Crippen LogP) is 4.14. The molecule has 0 atom stereocenters. The van der Waals surface area contributed by atoms with Crippen LogP contribution in [0.15, 0.2) is 71.6 Å². The first-order valence-corrected chi connectivity index (χ1v) is 13.8. The Balaban J connectivity index is 1.72. The fourth-order valence-electron chi connectivity index (χ4n) is 3.48. The quantitative estimate of drug-likeness (QED) is 0.482. The fraction of sp³-hybridized carbons (Fsp3) is 0.208. The van der Waals surface area contributed by atoms with E-state index < -0.39 is 26.0 Å². The molecule has 8 nitrogen and oxygen atoms in total. The van der Waals surface area contributed by atoms with Crippen LogP contribution in [0, 0.1) is 13.8 Å². The summed E-state index contributed by atoms with van der Waals surface area (Å²) in [6, 6.07) is 17.6. The second kappa shape index (κ2) is 9.86. The van der Waals surface area contributed by atoms with Crippen molar-refractivity contribution < 1.29 is 21.6 Å². The molecule has 0 saturated carbocycles. The van der Waals surface area contributed by atoms with E-state index in [0.29, 0.717) is 22.6 Å². The average molecular weight is 502 g/mol. The van der Waals surface area contributed by atoms with E-state index in [9.17, 15) is 21.6 Å². The van der Waals surface area contributed by atoms with Crippen LogP contribution >= 0.6 is 0 Å². The molecule has 0 unspecified atom stereocenters. The summed E-state index contributed by atoms with van der Waals surface area (Å²) in [6.07, 6.45) is 1.12. The number of rotatable bonds is 8. The highest BCUT2D eigenvalue weighted by Gasteiger charge is 2.18. The Kier molecular flexibility index (Phi) is 7.32. The van der Waals surface area contributed by atoms with Gasteiger partial charge in [-0.05, 0) is 80.4 Å². The van der Waals surface area contributed by atoms with E-state index in [4.69, 9.17) is 0 Å². The van der Waals surface area contributed by atoms with Gasteiger partial charge in [0.1, 0.15) is 0 Å². The van der Waals surface area contributed by atoms with Gasteiger partial charge in [0, 0.05) is 17.8 Å². The number of anilines is 3. The van der Waals surface area contributed by atoms with Crippen LogP contribution in [0.4, 0.5) is 17.1 Å². The molecular weight excluding hydrogens is 474 g/mol. The average Bonchev–Trinajstić information content (AvgIpc) is 2.77. The second-order valence-corrected chi connectivity index (χ2v) is 11.4. The zero-order valence-corrected chi connectivity index (χ0v) is 21.0. The molecule has 3 aromatic carbocycles. The number of hydrogen-bond donors (Lipinski definition) is 2. The van der Waals surface area contributed by atoms with Crippen molar-refractivity contribution in [3.05, 3.63) is 83.4 Å². The van der Waals surface area contributed by atoms with Gasteiger partial charge in [-0.25, -0.2) is 16.8 Å². The Labute approximate surface area is 200 Å². The van der Waals surface area contributed by atoms with Crippen molar-refractivity contribution >= 4 is 43.0 Å². The third-order valence-electron chi connectivity index (χ3n) is 5.25. The van der Waals surface area contributed by atoms with Gasteiger partial charge in [-0.3, -0.25) is 13.8 Å². The number of para-hydroxylation sites is 1. The highest BCUT2D eigenvalue weighted by atomic mass is 32.2. The van der Waals surface area contributed by atoms with Crippen molar-refractivity contribution in [2.75, 3.05) is 27.1 Å². The van der Waals surface area contributed by atoms with Gasteiger partial charge in [-0.15, -0.1) is 0 Å². The lowest BCUT2D eigenvalue weighted by atomic mass is 10.1. The van der Waals surface area contributed by atoms with Gasteiger partial charge in [0.2, 0.25) is 10.0 Å². The molecule has 0 aliphatic rings. The summed E-state index contributed by atoms with van der Waals surface area (Å²) in [7, 11) is -7.21. The third kappa shape index (κ3) is 5.75. The van der Waals surface area contributed by atoms with Gasteiger partial charge < -0.3 is 5.32 Å². The molecule has 0 spiro atoms. The number of carbonyl (C=O) groups excluding carboxylic acids is 1. The lowest BCUT2D eigenvalue weighted by molar-refractivity contribution is 0.102. The third-order valence-corrected chi connectivity index (χ3v) is 7.88. The molecular formula is C24H27N3O5S2. The Morgan fingerprint density at radius 3 is 1.91 bits per heavy atom. The molecule has 2 N–H and O–H groups in total. The van der Waals surface area contributed by atoms with Crippen LogP contribution in [0.2, 0.25) is 0 Å². The van der Waals surface area contributed by atoms with Crippen LogP contribution in [0.25, 0.3) is 0 Å². The van der Waals surface area contributed by atoms with Crippen molar-refractivity contribution in [3.63, 3.8) is 0 Å². The van der Waals surface area contributed by atoms with Gasteiger partial charge >= 0.3 is 0 Å². The number of aryl methyl sites for hydroxylation is 2. The summed E-state index contributed by atoms with van der Waals surface area (Å²) >= 11 is 0. The van der Waals surface area contributed by atoms with E-state index in [-0.39, 0.29) is 11.4 Å². The van der Waals surface area contributed by atoms with E-state index in [1.165, 1.54) is 40.7 Å². The largest absolute Gasteiger partial charge is 0.322 e. The highest BCUT2D eigenvalue weighted by Crippen LogP contribution is 2.24. The van der Waals surface area contributed by atoms with Crippen LogP contribution in [-0.4, -0.2) is 35.5 Å². The molecule has 180 valence electrons. The minimum atomic E-state index is -3.80. The van der Waals surface area contributed by atoms with Crippen LogP contribution in [0.5, 0.6) is 0 Å². The van der Waals surface area contributed by atoms with E-state index >= 15 is 0 Å². The molecule has 0 heterocycles. The molecule has 0 aliphatic heterocycles. The zero-order chi connectivity index (χ0) is 25.1. The topological polar surface area (TPSA) is 113 Å². The smallest absolute Gasteiger partial charge is 0.261 e. The Morgan fingerprint density at radius 1 is 0.853 bits per heavy atom. The first kappa shape index (κ1) is 25.3. The molecule has 0 radical (unpaired) electrons. The number of benzene rings is 3. The number of amides is 1. The monoisotopic (exact) mass is 501 g/mol. The van der Waals surface area contributed by atoms with Gasteiger partial charge in [0.25, 0.3) is 15.9 Å². The summed E-state index contributed by atoms with van der Waals surface area (Å²) in [4.78, 5) is 12.7. The molecule has 10 heteroatoms.